The third-order valence-electron chi connectivity index (χ3n) is 5.68. The van der Waals surface area contributed by atoms with E-state index in [1.165, 1.54) is 25.9 Å². The highest BCUT2D eigenvalue weighted by atomic mass is 16.5. The molecule has 5 heteroatoms. The zero-order valence-corrected chi connectivity index (χ0v) is 18.1. The van der Waals surface area contributed by atoms with Crippen molar-refractivity contribution in [2.24, 2.45) is 5.92 Å². The SMILES string of the molecule is CCCC[C@](C)(OC)C(=O)Nc1ccc(OCCCN2CCC[C@@H](C)C2)cc1. The van der Waals surface area contributed by atoms with Crippen LogP contribution in [0.2, 0.25) is 0 Å². The molecular weight excluding hydrogens is 352 g/mol. The van der Waals surface area contributed by atoms with Gasteiger partial charge in [0.1, 0.15) is 11.4 Å². The Kier molecular flexibility index (Phi) is 9.26. The third kappa shape index (κ3) is 7.10. The number of anilines is 1. The predicted molar refractivity (Wildman–Crippen MR) is 115 cm³/mol. The minimum absolute atomic E-state index is 0.104. The first-order valence-electron chi connectivity index (χ1n) is 10.8. The van der Waals surface area contributed by atoms with Crippen molar-refractivity contribution in [2.75, 3.05) is 38.7 Å². The molecule has 2 rings (SSSR count). The van der Waals surface area contributed by atoms with E-state index in [1.54, 1.807) is 7.11 Å². The summed E-state index contributed by atoms with van der Waals surface area (Å²) in [5.41, 5.74) is -0.0312. The first kappa shape index (κ1) is 22.7. The molecule has 1 aliphatic rings. The molecule has 2 atom stereocenters. The summed E-state index contributed by atoms with van der Waals surface area (Å²) in [7, 11) is 1.59. The second-order valence-corrected chi connectivity index (χ2v) is 8.27. The van der Waals surface area contributed by atoms with Crippen molar-refractivity contribution < 1.29 is 14.3 Å². The van der Waals surface area contributed by atoms with E-state index >= 15 is 0 Å². The second kappa shape index (κ2) is 11.4. The van der Waals surface area contributed by atoms with Crippen LogP contribution in [0.4, 0.5) is 5.69 Å². The number of rotatable bonds is 11. The molecule has 1 N–H and O–H groups in total. The number of carbonyl (C=O) groups is 1. The first-order chi connectivity index (χ1) is 13.5. The summed E-state index contributed by atoms with van der Waals surface area (Å²) in [5.74, 6) is 1.55. The quantitative estimate of drug-likeness (QED) is 0.556. The van der Waals surface area contributed by atoms with Crippen LogP contribution in [0.5, 0.6) is 5.75 Å². The molecule has 5 nitrogen and oxygen atoms in total. The number of amides is 1. The molecule has 0 spiro atoms. The van der Waals surface area contributed by atoms with E-state index in [0.717, 1.165) is 49.8 Å². The Bertz CT molecular complexity index is 590. The molecule has 1 aromatic carbocycles. The lowest BCUT2D eigenvalue weighted by Gasteiger charge is -2.30. The maximum atomic E-state index is 12.6. The van der Waals surface area contributed by atoms with Gasteiger partial charge in [-0.25, -0.2) is 0 Å². The predicted octanol–water partition coefficient (Wildman–Crippen LogP) is 4.72. The third-order valence-corrected chi connectivity index (χ3v) is 5.68. The van der Waals surface area contributed by atoms with Gasteiger partial charge in [-0.3, -0.25) is 4.79 Å². The lowest BCUT2D eigenvalue weighted by molar-refractivity contribution is -0.136. The normalized spacial score (nSPS) is 19.8. The largest absolute Gasteiger partial charge is 0.494 e. The zero-order valence-electron chi connectivity index (χ0n) is 18.1. The van der Waals surface area contributed by atoms with Crippen molar-refractivity contribution in [3.63, 3.8) is 0 Å². The van der Waals surface area contributed by atoms with E-state index < -0.39 is 5.60 Å². The summed E-state index contributed by atoms with van der Waals surface area (Å²) in [4.78, 5) is 15.1. The number of nitrogens with zero attached hydrogens (tertiary/aromatic N) is 1. The van der Waals surface area contributed by atoms with E-state index in [0.29, 0.717) is 6.42 Å². The fourth-order valence-electron chi connectivity index (χ4n) is 3.69. The summed E-state index contributed by atoms with van der Waals surface area (Å²) >= 11 is 0. The minimum atomic E-state index is -0.795. The van der Waals surface area contributed by atoms with Crippen LogP contribution in [0.1, 0.15) is 59.3 Å². The van der Waals surface area contributed by atoms with Gasteiger partial charge in [-0.15, -0.1) is 0 Å². The van der Waals surface area contributed by atoms with Gasteiger partial charge in [0.2, 0.25) is 0 Å². The zero-order chi connectivity index (χ0) is 20.4. The lowest BCUT2D eigenvalue weighted by atomic mass is 9.97. The summed E-state index contributed by atoms with van der Waals surface area (Å²) in [5, 5.41) is 2.96. The molecule has 1 heterocycles. The van der Waals surface area contributed by atoms with Crippen LogP contribution in [-0.4, -0.2) is 49.8 Å². The maximum Gasteiger partial charge on any atom is 0.256 e. The van der Waals surface area contributed by atoms with Crippen molar-refractivity contribution in [1.29, 1.82) is 0 Å². The highest BCUT2D eigenvalue weighted by molar-refractivity contribution is 5.97. The standard InChI is InChI=1S/C23H38N2O3/c1-5-6-14-23(3,27-4)22(26)24-20-10-12-21(13-11-20)28-17-8-16-25-15-7-9-19(2)18-25/h10-13,19H,5-9,14-18H2,1-4H3,(H,24,26)/t19-,23+/m1/s1. The van der Waals surface area contributed by atoms with E-state index in [2.05, 4.69) is 24.1 Å². The molecule has 0 aromatic heterocycles. The Morgan fingerprint density at radius 1 is 1.29 bits per heavy atom. The number of carbonyl (C=O) groups excluding carboxylic acids is 1. The highest BCUT2D eigenvalue weighted by Crippen LogP contribution is 2.22. The summed E-state index contributed by atoms with van der Waals surface area (Å²) in [6.45, 7) is 10.5. The van der Waals surface area contributed by atoms with Crippen LogP contribution in [0.15, 0.2) is 24.3 Å². The minimum Gasteiger partial charge on any atom is -0.494 e. The lowest BCUT2D eigenvalue weighted by Crippen LogP contribution is -2.41. The van der Waals surface area contributed by atoms with Gasteiger partial charge in [-0.05, 0) is 69.3 Å². The number of piperidine rings is 1. The van der Waals surface area contributed by atoms with E-state index in [-0.39, 0.29) is 5.91 Å². The molecular formula is C23H38N2O3. The molecule has 1 aliphatic heterocycles. The van der Waals surface area contributed by atoms with Gasteiger partial charge >= 0.3 is 0 Å². The summed E-state index contributed by atoms with van der Waals surface area (Å²) < 4.78 is 11.3. The van der Waals surface area contributed by atoms with E-state index in [9.17, 15) is 4.79 Å². The number of ether oxygens (including phenoxy) is 2. The number of benzene rings is 1. The number of hydrogen-bond donors (Lipinski definition) is 1. The van der Waals surface area contributed by atoms with E-state index in [1.807, 2.05) is 31.2 Å². The molecule has 0 saturated carbocycles. The molecule has 0 aliphatic carbocycles. The van der Waals surface area contributed by atoms with Crippen LogP contribution in [0, 0.1) is 5.92 Å². The molecule has 1 amide bonds. The molecule has 28 heavy (non-hydrogen) atoms. The molecule has 1 fully saturated rings. The maximum absolute atomic E-state index is 12.6. The topological polar surface area (TPSA) is 50.8 Å². The van der Waals surface area contributed by atoms with Gasteiger partial charge in [0, 0.05) is 25.9 Å². The van der Waals surface area contributed by atoms with Crippen LogP contribution in [-0.2, 0) is 9.53 Å². The van der Waals surface area contributed by atoms with Gasteiger partial charge in [0.15, 0.2) is 0 Å². The summed E-state index contributed by atoms with van der Waals surface area (Å²) in [6.07, 6.45) is 6.42. The van der Waals surface area contributed by atoms with Crippen LogP contribution >= 0.6 is 0 Å². The fourth-order valence-corrected chi connectivity index (χ4v) is 3.69. The molecule has 158 valence electrons. The highest BCUT2D eigenvalue weighted by Gasteiger charge is 2.32. The van der Waals surface area contributed by atoms with Crippen molar-refractivity contribution in [2.45, 2.75) is 64.9 Å². The molecule has 0 bridgehead atoms. The molecule has 1 aromatic rings. The number of unbranched alkanes of at least 4 members (excludes halogenated alkanes) is 1. The van der Waals surface area contributed by atoms with Gasteiger partial charge < -0.3 is 19.7 Å². The van der Waals surface area contributed by atoms with Crippen molar-refractivity contribution in [1.82, 2.24) is 4.90 Å². The average molecular weight is 391 g/mol. The Labute approximate surface area is 170 Å². The Morgan fingerprint density at radius 2 is 2.04 bits per heavy atom. The molecule has 1 saturated heterocycles. The Balaban J connectivity index is 1.74. The molecule has 0 unspecified atom stereocenters. The fraction of sp³-hybridized carbons (Fsp3) is 0.696. The van der Waals surface area contributed by atoms with Crippen molar-refractivity contribution in [3.8, 4) is 5.75 Å². The second-order valence-electron chi connectivity index (χ2n) is 8.27. The van der Waals surface area contributed by atoms with E-state index in [4.69, 9.17) is 9.47 Å². The number of hydrogen-bond acceptors (Lipinski definition) is 4. The van der Waals surface area contributed by atoms with Crippen LogP contribution < -0.4 is 10.1 Å². The summed E-state index contributed by atoms with van der Waals surface area (Å²) in [6, 6.07) is 7.59. The molecule has 0 radical (unpaired) electrons. The van der Waals surface area contributed by atoms with Crippen LogP contribution in [0.3, 0.4) is 0 Å². The number of likely N-dealkylation sites (tertiary alicyclic amines) is 1. The van der Waals surface area contributed by atoms with Gasteiger partial charge in [0.25, 0.3) is 5.91 Å². The Hall–Kier alpha value is -1.59. The van der Waals surface area contributed by atoms with Gasteiger partial charge in [-0.2, -0.15) is 0 Å². The Morgan fingerprint density at radius 3 is 2.68 bits per heavy atom. The van der Waals surface area contributed by atoms with Crippen LogP contribution in [0.25, 0.3) is 0 Å². The van der Waals surface area contributed by atoms with Gasteiger partial charge in [0.05, 0.1) is 6.61 Å². The monoisotopic (exact) mass is 390 g/mol. The average Bonchev–Trinajstić information content (AvgIpc) is 2.70. The first-order valence-corrected chi connectivity index (χ1v) is 10.8. The van der Waals surface area contributed by atoms with Gasteiger partial charge in [-0.1, -0.05) is 26.7 Å². The van der Waals surface area contributed by atoms with Crippen molar-refractivity contribution in [3.05, 3.63) is 24.3 Å². The number of nitrogens with one attached hydrogen (secondary N) is 1. The smallest absolute Gasteiger partial charge is 0.256 e. The number of methoxy groups -OCH3 is 1. The van der Waals surface area contributed by atoms with Crippen molar-refractivity contribution >= 4 is 11.6 Å².